The van der Waals surface area contributed by atoms with Crippen LogP contribution >= 0.6 is 0 Å². The van der Waals surface area contributed by atoms with Gasteiger partial charge in [0, 0.05) is 20.1 Å². The van der Waals surface area contributed by atoms with Crippen LogP contribution in [-0.4, -0.2) is 39.2 Å². The van der Waals surface area contributed by atoms with E-state index in [0.717, 1.165) is 13.0 Å². The highest BCUT2D eigenvalue weighted by atomic mass is 16.5. The molecule has 0 fully saturated rings. The normalized spacial score (nSPS) is 13.2. The number of guanidine groups is 1. The summed E-state index contributed by atoms with van der Waals surface area (Å²) >= 11 is 0. The molecule has 0 aliphatic heterocycles. The second-order valence-corrected chi connectivity index (χ2v) is 3.30. The average Bonchev–Trinajstić information content (AvgIpc) is 2.27. The summed E-state index contributed by atoms with van der Waals surface area (Å²) in [6.07, 6.45) is 1.03. The van der Waals surface area contributed by atoms with Crippen LogP contribution in [0.4, 0.5) is 0 Å². The largest absolute Gasteiger partial charge is 0.469 e. The lowest BCUT2D eigenvalue weighted by Gasteiger charge is -2.14. The molecule has 0 aromatic heterocycles. The number of hydrogen-bond acceptors (Lipinski definition) is 3. The van der Waals surface area contributed by atoms with E-state index >= 15 is 0 Å². The summed E-state index contributed by atoms with van der Waals surface area (Å²) in [4.78, 5) is 15.1. The van der Waals surface area contributed by atoms with Gasteiger partial charge in [0.25, 0.3) is 0 Å². The van der Waals surface area contributed by atoms with Gasteiger partial charge in [-0.25, -0.2) is 0 Å². The SMILES string of the molecule is CCCNC(=NC)NCC(C)C(=O)OC. The Labute approximate surface area is 91.3 Å². The first kappa shape index (κ1) is 13.7. The number of carbonyl (C=O) groups is 1. The standard InChI is InChI=1S/C10H21N3O2/c1-5-6-12-10(11-3)13-7-8(2)9(14)15-4/h8H,5-7H2,1-4H3,(H2,11,12,13). The van der Waals surface area contributed by atoms with Crippen LogP contribution in [0.3, 0.4) is 0 Å². The molecule has 0 aromatic rings. The van der Waals surface area contributed by atoms with Gasteiger partial charge < -0.3 is 15.4 Å². The molecule has 0 saturated heterocycles. The highest BCUT2D eigenvalue weighted by Gasteiger charge is 2.12. The topological polar surface area (TPSA) is 62.7 Å². The maximum Gasteiger partial charge on any atom is 0.310 e. The molecular weight excluding hydrogens is 194 g/mol. The van der Waals surface area contributed by atoms with Crippen molar-refractivity contribution in [2.45, 2.75) is 20.3 Å². The minimum atomic E-state index is -0.214. The molecule has 5 nitrogen and oxygen atoms in total. The van der Waals surface area contributed by atoms with Gasteiger partial charge in [-0.2, -0.15) is 0 Å². The number of nitrogens with zero attached hydrogens (tertiary/aromatic N) is 1. The van der Waals surface area contributed by atoms with Gasteiger partial charge in [0.15, 0.2) is 5.96 Å². The molecule has 0 rings (SSSR count). The van der Waals surface area contributed by atoms with Crippen molar-refractivity contribution in [3.05, 3.63) is 0 Å². The number of hydrogen-bond donors (Lipinski definition) is 2. The van der Waals surface area contributed by atoms with Gasteiger partial charge in [-0.15, -0.1) is 0 Å². The summed E-state index contributed by atoms with van der Waals surface area (Å²) in [5.41, 5.74) is 0. The molecule has 0 aliphatic rings. The Kier molecular flexibility index (Phi) is 7.40. The summed E-state index contributed by atoms with van der Waals surface area (Å²) < 4.78 is 4.62. The average molecular weight is 215 g/mol. The third-order valence-electron chi connectivity index (χ3n) is 1.95. The first-order valence-electron chi connectivity index (χ1n) is 5.18. The maximum absolute atomic E-state index is 11.1. The third-order valence-corrected chi connectivity index (χ3v) is 1.95. The lowest BCUT2D eigenvalue weighted by molar-refractivity contribution is -0.144. The molecule has 0 aliphatic carbocycles. The van der Waals surface area contributed by atoms with E-state index in [1.54, 1.807) is 7.05 Å². The molecule has 0 heterocycles. The summed E-state index contributed by atoms with van der Waals surface area (Å²) in [6, 6.07) is 0. The Bertz CT molecular complexity index is 217. The lowest BCUT2D eigenvalue weighted by atomic mass is 10.2. The number of carbonyl (C=O) groups excluding carboxylic acids is 1. The van der Waals surface area contributed by atoms with Crippen molar-refractivity contribution in [2.75, 3.05) is 27.2 Å². The van der Waals surface area contributed by atoms with E-state index in [1.165, 1.54) is 7.11 Å². The zero-order valence-electron chi connectivity index (χ0n) is 9.96. The van der Waals surface area contributed by atoms with Crippen molar-refractivity contribution in [1.29, 1.82) is 0 Å². The van der Waals surface area contributed by atoms with E-state index in [4.69, 9.17) is 0 Å². The Morgan fingerprint density at radius 1 is 1.47 bits per heavy atom. The minimum absolute atomic E-state index is 0.171. The van der Waals surface area contributed by atoms with Gasteiger partial charge in [-0.05, 0) is 6.42 Å². The van der Waals surface area contributed by atoms with Gasteiger partial charge in [0.2, 0.25) is 0 Å². The zero-order valence-corrected chi connectivity index (χ0v) is 9.96. The molecule has 0 spiro atoms. The second-order valence-electron chi connectivity index (χ2n) is 3.30. The lowest BCUT2D eigenvalue weighted by Crippen LogP contribution is -2.41. The van der Waals surface area contributed by atoms with Crippen LogP contribution in [0.2, 0.25) is 0 Å². The molecule has 1 unspecified atom stereocenters. The van der Waals surface area contributed by atoms with Crippen molar-refractivity contribution in [2.24, 2.45) is 10.9 Å². The first-order valence-corrected chi connectivity index (χ1v) is 5.18. The number of esters is 1. The van der Waals surface area contributed by atoms with E-state index in [-0.39, 0.29) is 11.9 Å². The van der Waals surface area contributed by atoms with E-state index in [0.29, 0.717) is 12.5 Å². The predicted molar refractivity (Wildman–Crippen MR) is 60.8 cm³/mol. The van der Waals surface area contributed by atoms with E-state index in [1.807, 2.05) is 6.92 Å². The van der Waals surface area contributed by atoms with Crippen LogP contribution in [0, 0.1) is 5.92 Å². The predicted octanol–water partition coefficient (Wildman–Crippen LogP) is 0.371. The Balaban J connectivity index is 3.85. The highest BCUT2D eigenvalue weighted by Crippen LogP contribution is 1.94. The molecular formula is C10H21N3O2. The van der Waals surface area contributed by atoms with Gasteiger partial charge >= 0.3 is 5.97 Å². The molecule has 5 heteroatoms. The van der Waals surface area contributed by atoms with Crippen molar-refractivity contribution in [1.82, 2.24) is 10.6 Å². The van der Waals surface area contributed by atoms with Crippen LogP contribution in [0.5, 0.6) is 0 Å². The fraction of sp³-hybridized carbons (Fsp3) is 0.800. The number of nitrogens with one attached hydrogen (secondary N) is 2. The highest BCUT2D eigenvalue weighted by molar-refractivity contribution is 5.80. The summed E-state index contributed by atoms with van der Waals surface area (Å²) in [5.74, 6) is 0.330. The van der Waals surface area contributed by atoms with E-state index in [2.05, 4.69) is 27.3 Å². The first-order chi connectivity index (χ1) is 7.15. The van der Waals surface area contributed by atoms with E-state index < -0.39 is 0 Å². The molecule has 15 heavy (non-hydrogen) atoms. The van der Waals surface area contributed by atoms with Gasteiger partial charge in [-0.1, -0.05) is 13.8 Å². The van der Waals surface area contributed by atoms with Crippen LogP contribution < -0.4 is 10.6 Å². The van der Waals surface area contributed by atoms with Crippen molar-refractivity contribution in [3.8, 4) is 0 Å². The maximum atomic E-state index is 11.1. The second kappa shape index (κ2) is 8.08. The number of ether oxygens (including phenoxy) is 1. The molecule has 0 saturated carbocycles. The molecule has 0 bridgehead atoms. The number of aliphatic imine (C=N–C) groups is 1. The molecule has 0 radical (unpaired) electrons. The van der Waals surface area contributed by atoms with Gasteiger partial charge in [-0.3, -0.25) is 9.79 Å². The summed E-state index contributed by atoms with van der Waals surface area (Å²) in [6.45, 7) is 5.28. The number of methoxy groups -OCH3 is 1. The van der Waals surface area contributed by atoms with Crippen LogP contribution in [0.25, 0.3) is 0 Å². The Hall–Kier alpha value is -1.26. The fourth-order valence-corrected chi connectivity index (χ4v) is 0.998. The van der Waals surface area contributed by atoms with E-state index in [9.17, 15) is 4.79 Å². The van der Waals surface area contributed by atoms with Crippen molar-refractivity contribution < 1.29 is 9.53 Å². The van der Waals surface area contributed by atoms with Gasteiger partial charge in [0.05, 0.1) is 13.0 Å². The van der Waals surface area contributed by atoms with Crippen molar-refractivity contribution in [3.63, 3.8) is 0 Å². The smallest absolute Gasteiger partial charge is 0.310 e. The Morgan fingerprint density at radius 2 is 2.13 bits per heavy atom. The molecule has 88 valence electrons. The van der Waals surface area contributed by atoms with Crippen LogP contribution in [0.1, 0.15) is 20.3 Å². The quantitative estimate of drug-likeness (QED) is 0.395. The molecule has 0 aromatic carbocycles. The Morgan fingerprint density at radius 3 is 2.60 bits per heavy atom. The third kappa shape index (κ3) is 5.93. The summed E-state index contributed by atoms with van der Waals surface area (Å²) in [5, 5.41) is 6.18. The van der Waals surface area contributed by atoms with Crippen LogP contribution in [-0.2, 0) is 9.53 Å². The fourth-order valence-electron chi connectivity index (χ4n) is 0.998. The minimum Gasteiger partial charge on any atom is -0.469 e. The zero-order chi connectivity index (χ0) is 11.7. The van der Waals surface area contributed by atoms with Crippen LogP contribution in [0.15, 0.2) is 4.99 Å². The summed E-state index contributed by atoms with van der Waals surface area (Å²) in [7, 11) is 3.09. The monoisotopic (exact) mass is 215 g/mol. The molecule has 0 amide bonds. The van der Waals surface area contributed by atoms with Gasteiger partial charge in [0.1, 0.15) is 0 Å². The molecule has 1 atom stereocenters. The van der Waals surface area contributed by atoms with Crippen molar-refractivity contribution >= 4 is 11.9 Å². The molecule has 2 N–H and O–H groups in total. The number of rotatable bonds is 5.